The quantitative estimate of drug-likeness (QED) is 0.609. The normalized spacial score (nSPS) is 15.8. The number of nitrogens with zero attached hydrogens (tertiary/aromatic N) is 2. The first-order valence-corrected chi connectivity index (χ1v) is 6.52. The number of piperazine rings is 1. The van der Waals surface area contributed by atoms with E-state index in [1.165, 1.54) is 4.90 Å². The predicted octanol–water partition coefficient (Wildman–Crippen LogP) is -1.60. The van der Waals surface area contributed by atoms with Crippen LogP contribution < -0.4 is 10.6 Å². The molecule has 7 nitrogen and oxygen atoms in total. The van der Waals surface area contributed by atoms with Crippen LogP contribution in [0.4, 0.5) is 0 Å². The van der Waals surface area contributed by atoms with Gasteiger partial charge in [0.25, 0.3) is 0 Å². The van der Waals surface area contributed by atoms with Crippen LogP contribution in [-0.4, -0.2) is 73.8 Å². The first-order valence-electron chi connectivity index (χ1n) is 6.52. The molecule has 0 spiro atoms. The van der Waals surface area contributed by atoms with Crippen molar-refractivity contribution in [2.45, 2.75) is 13.3 Å². The largest absolute Gasteiger partial charge is 0.355 e. The number of carbonyl (C=O) groups excluding carboxylic acids is 3. The average molecular weight is 270 g/mol. The highest BCUT2D eigenvalue weighted by molar-refractivity contribution is 5.86. The molecule has 19 heavy (non-hydrogen) atoms. The van der Waals surface area contributed by atoms with E-state index in [1.807, 2.05) is 6.92 Å². The maximum atomic E-state index is 11.9. The Kier molecular flexibility index (Phi) is 6.27. The molecule has 0 aromatic rings. The first-order chi connectivity index (χ1) is 9.02. The summed E-state index contributed by atoms with van der Waals surface area (Å²) >= 11 is 0. The van der Waals surface area contributed by atoms with Crippen LogP contribution >= 0.6 is 0 Å². The van der Waals surface area contributed by atoms with Crippen LogP contribution in [0, 0.1) is 0 Å². The van der Waals surface area contributed by atoms with Crippen molar-refractivity contribution in [2.75, 3.05) is 46.3 Å². The monoisotopic (exact) mass is 270 g/mol. The molecule has 1 aliphatic rings. The molecule has 0 radical (unpaired) electrons. The average Bonchev–Trinajstić information content (AvgIpc) is 2.36. The fourth-order valence-electron chi connectivity index (χ4n) is 1.76. The van der Waals surface area contributed by atoms with E-state index in [-0.39, 0.29) is 37.4 Å². The molecule has 0 unspecified atom stereocenters. The summed E-state index contributed by atoms with van der Waals surface area (Å²) in [5.74, 6) is -0.377. The molecule has 1 aliphatic heterocycles. The van der Waals surface area contributed by atoms with Gasteiger partial charge in [0, 0.05) is 26.7 Å². The number of amides is 3. The molecule has 1 heterocycles. The van der Waals surface area contributed by atoms with Gasteiger partial charge in [0.2, 0.25) is 17.7 Å². The van der Waals surface area contributed by atoms with Gasteiger partial charge >= 0.3 is 0 Å². The summed E-state index contributed by atoms with van der Waals surface area (Å²) in [5.41, 5.74) is 0. The zero-order chi connectivity index (χ0) is 14.3. The summed E-state index contributed by atoms with van der Waals surface area (Å²) in [6.45, 7) is 4.27. The van der Waals surface area contributed by atoms with Crippen LogP contribution in [-0.2, 0) is 14.4 Å². The number of hydrogen-bond acceptors (Lipinski definition) is 4. The molecule has 0 aromatic heterocycles. The van der Waals surface area contributed by atoms with Gasteiger partial charge in [-0.05, 0) is 6.42 Å². The van der Waals surface area contributed by atoms with Crippen molar-refractivity contribution < 1.29 is 14.4 Å². The van der Waals surface area contributed by atoms with E-state index >= 15 is 0 Å². The lowest BCUT2D eigenvalue weighted by Crippen LogP contribution is -2.51. The Morgan fingerprint density at radius 3 is 2.84 bits per heavy atom. The SMILES string of the molecule is CCCNC(=O)CN(C)C(=O)CN1CCNC(=O)C1. The molecule has 7 heteroatoms. The maximum Gasteiger partial charge on any atom is 0.239 e. The van der Waals surface area contributed by atoms with E-state index in [4.69, 9.17) is 0 Å². The minimum Gasteiger partial charge on any atom is -0.355 e. The van der Waals surface area contributed by atoms with Crippen molar-refractivity contribution in [3.8, 4) is 0 Å². The van der Waals surface area contributed by atoms with E-state index in [0.717, 1.165) is 6.42 Å². The third-order valence-corrected chi connectivity index (χ3v) is 2.85. The second-order valence-corrected chi connectivity index (χ2v) is 4.66. The van der Waals surface area contributed by atoms with Crippen molar-refractivity contribution >= 4 is 17.7 Å². The molecule has 1 rings (SSSR count). The molecular formula is C12H22N4O3. The van der Waals surface area contributed by atoms with E-state index in [9.17, 15) is 14.4 Å². The topological polar surface area (TPSA) is 81.8 Å². The molecule has 0 bridgehead atoms. The van der Waals surface area contributed by atoms with Crippen LogP contribution in [0.3, 0.4) is 0 Å². The van der Waals surface area contributed by atoms with Crippen molar-refractivity contribution in [1.29, 1.82) is 0 Å². The lowest BCUT2D eigenvalue weighted by Gasteiger charge is -2.27. The number of hydrogen-bond donors (Lipinski definition) is 2. The van der Waals surface area contributed by atoms with Crippen molar-refractivity contribution in [2.24, 2.45) is 0 Å². The van der Waals surface area contributed by atoms with Crippen molar-refractivity contribution in [3.63, 3.8) is 0 Å². The van der Waals surface area contributed by atoms with Crippen molar-refractivity contribution in [1.82, 2.24) is 20.4 Å². The van der Waals surface area contributed by atoms with Gasteiger partial charge in [-0.2, -0.15) is 0 Å². The van der Waals surface area contributed by atoms with Gasteiger partial charge < -0.3 is 15.5 Å². The zero-order valence-electron chi connectivity index (χ0n) is 11.6. The minimum absolute atomic E-state index is 0.0544. The standard InChI is InChI=1S/C12H22N4O3/c1-3-4-13-10(17)7-15(2)12(19)9-16-6-5-14-11(18)8-16/h3-9H2,1-2H3,(H,13,17)(H,14,18). The van der Waals surface area contributed by atoms with E-state index in [2.05, 4.69) is 10.6 Å². The molecule has 0 aromatic carbocycles. The number of nitrogens with one attached hydrogen (secondary N) is 2. The summed E-state index contributed by atoms with van der Waals surface area (Å²) in [6.07, 6.45) is 0.867. The Labute approximate surface area is 113 Å². The van der Waals surface area contributed by atoms with Crippen molar-refractivity contribution in [3.05, 3.63) is 0 Å². The highest BCUT2D eigenvalue weighted by Crippen LogP contribution is 1.95. The molecule has 0 saturated carbocycles. The second-order valence-electron chi connectivity index (χ2n) is 4.66. The predicted molar refractivity (Wildman–Crippen MR) is 70.4 cm³/mol. The second kappa shape index (κ2) is 7.73. The van der Waals surface area contributed by atoms with E-state index in [0.29, 0.717) is 19.6 Å². The van der Waals surface area contributed by atoms with Crippen LogP contribution in [0.1, 0.15) is 13.3 Å². The highest BCUT2D eigenvalue weighted by atomic mass is 16.2. The molecule has 2 N–H and O–H groups in total. The summed E-state index contributed by atoms with van der Waals surface area (Å²) < 4.78 is 0. The number of rotatable bonds is 6. The first kappa shape index (κ1) is 15.4. The van der Waals surface area contributed by atoms with Gasteiger partial charge in [0.05, 0.1) is 19.6 Å². The number of carbonyl (C=O) groups is 3. The third kappa shape index (κ3) is 5.69. The van der Waals surface area contributed by atoms with Gasteiger partial charge in [0.1, 0.15) is 0 Å². The molecule has 3 amide bonds. The Balaban J connectivity index is 2.31. The Bertz CT molecular complexity index is 346. The van der Waals surface area contributed by atoms with Gasteiger partial charge in [-0.3, -0.25) is 19.3 Å². The smallest absolute Gasteiger partial charge is 0.239 e. The van der Waals surface area contributed by atoms with E-state index < -0.39 is 0 Å². The van der Waals surface area contributed by atoms with Crippen LogP contribution in [0.2, 0.25) is 0 Å². The Morgan fingerprint density at radius 2 is 2.21 bits per heavy atom. The summed E-state index contributed by atoms with van der Waals surface area (Å²) in [5, 5.41) is 5.42. The summed E-state index contributed by atoms with van der Waals surface area (Å²) in [6, 6.07) is 0. The number of likely N-dealkylation sites (N-methyl/N-ethyl adjacent to an activating group) is 1. The Hall–Kier alpha value is -1.63. The fraction of sp³-hybridized carbons (Fsp3) is 0.750. The fourth-order valence-corrected chi connectivity index (χ4v) is 1.76. The lowest BCUT2D eigenvalue weighted by molar-refractivity contribution is -0.136. The molecule has 0 atom stereocenters. The summed E-state index contributed by atoms with van der Waals surface area (Å²) in [4.78, 5) is 37.7. The van der Waals surface area contributed by atoms with Crippen LogP contribution in [0.25, 0.3) is 0 Å². The molecule has 1 saturated heterocycles. The molecular weight excluding hydrogens is 248 g/mol. The van der Waals surface area contributed by atoms with Gasteiger partial charge in [-0.1, -0.05) is 6.92 Å². The molecule has 0 aliphatic carbocycles. The van der Waals surface area contributed by atoms with Gasteiger partial charge in [-0.25, -0.2) is 0 Å². The minimum atomic E-state index is -0.158. The van der Waals surface area contributed by atoms with Crippen LogP contribution in [0.15, 0.2) is 0 Å². The van der Waals surface area contributed by atoms with Gasteiger partial charge in [-0.15, -0.1) is 0 Å². The highest BCUT2D eigenvalue weighted by Gasteiger charge is 2.21. The third-order valence-electron chi connectivity index (χ3n) is 2.85. The van der Waals surface area contributed by atoms with Gasteiger partial charge in [0.15, 0.2) is 0 Å². The van der Waals surface area contributed by atoms with E-state index in [1.54, 1.807) is 11.9 Å². The molecule has 1 fully saturated rings. The Morgan fingerprint density at radius 1 is 1.47 bits per heavy atom. The molecule has 108 valence electrons. The maximum absolute atomic E-state index is 11.9. The lowest BCUT2D eigenvalue weighted by atomic mass is 10.3. The zero-order valence-corrected chi connectivity index (χ0v) is 11.6. The summed E-state index contributed by atoms with van der Waals surface area (Å²) in [7, 11) is 1.60. The van der Waals surface area contributed by atoms with Crippen LogP contribution in [0.5, 0.6) is 0 Å².